The number of hydrogen-bond donors (Lipinski definition) is 3. The number of benzene rings is 2. The average molecular weight is 354 g/mol. The summed E-state index contributed by atoms with van der Waals surface area (Å²) in [4.78, 5) is 15.4. The Hall–Kier alpha value is -2.17. The molecule has 1 amide bonds. The molecule has 3 rings (SSSR count). The van der Waals surface area contributed by atoms with E-state index in [1.165, 1.54) is 21.6 Å². The summed E-state index contributed by atoms with van der Waals surface area (Å²) in [5.74, 6) is 0.121. The van der Waals surface area contributed by atoms with Crippen molar-refractivity contribution >= 4 is 11.6 Å². The molecule has 0 unspecified atom stereocenters. The number of rotatable bonds is 5. The van der Waals surface area contributed by atoms with Crippen molar-refractivity contribution in [3.63, 3.8) is 0 Å². The summed E-state index contributed by atoms with van der Waals surface area (Å²) in [7, 11) is 0. The molecular weight excluding hydrogens is 322 g/mol. The van der Waals surface area contributed by atoms with Crippen LogP contribution in [0.1, 0.15) is 22.3 Å². The molecule has 0 saturated carbocycles. The van der Waals surface area contributed by atoms with E-state index >= 15 is 0 Å². The molecular formula is C22H31N3O+2. The summed E-state index contributed by atoms with van der Waals surface area (Å²) in [5, 5.41) is 3.09. The van der Waals surface area contributed by atoms with Gasteiger partial charge in [0.05, 0.1) is 0 Å². The van der Waals surface area contributed by atoms with E-state index in [0.717, 1.165) is 44.0 Å². The first-order valence-electron chi connectivity index (χ1n) is 9.59. The normalized spacial score (nSPS) is 20.0. The van der Waals surface area contributed by atoms with Crippen LogP contribution in [0.2, 0.25) is 0 Å². The maximum Gasteiger partial charge on any atom is 0.279 e. The molecule has 3 N–H and O–H groups in total. The van der Waals surface area contributed by atoms with Gasteiger partial charge in [-0.15, -0.1) is 0 Å². The van der Waals surface area contributed by atoms with Crippen LogP contribution in [-0.4, -0.2) is 38.6 Å². The lowest BCUT2D eigenvalue weighted by Crippen LogP contribution is -3.28. The number of aryl methyl sites for hydroxylation is 3. The number of carbonyl (C=O) groups excluding carboxylic acids is 1. The average Bonchev–Trinajstić information content (AvgIpc) is 2.60. The Morgan fingerprint density at radius 2 is 1.62 bits per heavy atom. The van der Waals surface area contributed by atoms with E-state index < -0.39 is 0 Å². The second-order valence-electron chi connectivity index (χ2n) is 7.71. The number of amides is 1. The third kappa shape index (κ3) is 5.16. The van der Waals surface area contributed by atoms with Gasteiger partial charge in [-0.3, -0.25) is 4.79 Å². The lowest BCUT2D eigenvalue weighted by molar-refractivity contribution is -1.02. The molecule has 4 heteroatoms. The minimum Gasteiger partial charge on any atom is -0.322 e. The van der Waals surface area contributed by atoms with Gasteiger partial charge in [-0.25, -0.2) is 0 Å². The van der Waals surface area contributed by atoms with Crippen LogP contribution in [0.3, 0.4) is 0 Å². The maximum atomic E-state index is 12.4. The molecule has 26 heavy (non-hydrogen) atoms. The van der Waals surface area contributed by atoms with Gasteiger partial charge in [0.1, 0.15) is 32.7 Å². The Kier molecular flexibility index (Phi) is 6.07. The molecule has 0 radical (unpaired) electrons. The molecule has 0 aromatic heterocycles. The standard InChI is InChI=1S/C22H29N3O/c1-17-5-4-6-20(13-17)15-24-9-11-25(12-10-24)16-22(26)23-21-14-18(2)7-8-19(21)3/h4-8,13-14H,9-12,15-16H2,1-3H3,(H,23,26)/p+2. The van der Waals surface area contributed by atoms with E-state index in [-0.39, 0.29) is 5.91 Å². The molecule has 1 fully saturated rings. The van der Waals surface area contributed by atoms with E-state index in [1.54, 1.807) is 4.90 Å². The molecule has 1 aliphatic heterocycles. The van der Waals surface area contributed by atoms with Crippen molar-refractivity contribution in [3.8, 4) is 0 Å². The molecule has 1 heterocycles. The Balaban J connectivity index is 1.46. The lowest BCUT2D eigenvalue weighted by atomic mass is 10.1. The van der Waals surface area contributed by atoms with Crippen LogP contribution < -0.4 is 15.1 Å². The fourth-order valence-corrected chi connectivity index (χ4v) is 3.71. The van der Waals surface area contributed by atoms with E-state index in [2.05, 4.69) is 55.6 Å². The van der Waals surface area contributed by atoms with Gasteiger partial charge in [-0.1, -0.05) is 42.0 Å². The van der Waals surface area contributed by atoms with E-state index in [4.69, 9.17) is 0 Å². The summed E-state index contributed by atoms with van der Waals surface area (Å²) in [5.41, 5.74) is 5.97. The fraction of sp³-hybridized carbons (Fsp3) is 0.409. The third-order valence-electron chi connectivity index (χ3n) is 5.28. The quantitative estimate of drug-likeness (QED) is 0.721. The first kappa shape index (κ1) is 18.6. The highest BCUT2D eigenvalue weighted by Crippen LogP contribution is 2.15. The smallest absolute Gasteiger partial charge is 0.279 e. The van der Waals surface area contributed by atoms with Crippen LogP contribution in [0.5, 0.6) is 0 Å². The van der Waals surface area contributed by atoms with Gasteiger partial charge in [0.25, 0.3) is 5.91 Å². The highest BCUT2D eigenvalue weighted by Gasteiger charge is 2.25. The van der Waals surface area contributed by atoms with Crippen molar-refractivity contribution in [2.24, 2.45) is 0 Å². The number of hydrogen-bond acceptors (Lipinski definition) is 1. The van der Waals surface area contributed by atoms with Crippen LogP contribution in [0.15, 0.2) is 42.5 Å². The highest BCUT2D eigenvalue weighted by molar-refractivity contribution is 5.92. The van der Waals surface area contributed by atoms with E-state index in [0.29, 0.717) is 6.54 Å². The molecule has 0 aliphatic carbocycles. The van der Waals surface area contributed by atoms with Crippen molar-refractivity contribution in [2.75, 3.05) is 38.0 Å². The SMILES string of the molecule is Cc1cccc(C[NH+]2CC[NH+](CC(=O)Nc3cc(C)ccc3C)CC2)c1. The van der Waals surface area contributed by atoms with Gasteiger partial charge in [-0.2, -0.15) is 0 Å². The van der Waals surface area contributed by atoms with Crippen LogP contribution >= 0.6 is 0 Å². The molecule has 0 bridgehead atoms. The summed E-state index contributed by atoms with van der Waals surface area (Å²) < 4.78 is 0. The molecule has 0 atom stereocenters. The second kappa shape index (κ2) is 8.47. The van der Waals surface area contributed by atoms with Crippen molar-refractivity contribution < 1.29 is 14.6 Å². The summed E-state index contributed by atoms with van der Waals surface area (Å²) >= 11 is 0. The van der Waals surface area contributed by atoms with Crippen molar-refractivity contribution in [1.82, 2.24) is 0 Å². The molecule has 138 valence electrons. The fourth-order valence-electron chi connectivity index (χ4n) is 3.71. The first-order valence-corrected chi connectivity index (χ1v) is 9.59. The van der Waals surface area contributed by atoms with Crippen LogP contribution in [0.4, 0.5) is 5.69 Å². The predicted molar refractivity (Wildman–Crippen MR) is 106 cm³/mol. The van der Waals surface area contributed by atoms with Crippen LogP contribution in [0.25, 0.3) is 0 Å². The summed E-state index contributed by atoms with van der Waals surface area (Å²) in [6.07, 6.45) is 0. The monoisotopic (exact) mass is 353 g/mol. The molecule has 1 saturated heterocycles. The highest BCUT2D eigenvalue weighted by atomic mass is 16.2. The lowest BCUT2D eigenvalue weighted by Gasteiger charge is -2.29. The zero-order valence-electron chi connectivity index (χ0n) is 16.2. The molecule has 4 nitrogen and oxygen atoms in total. The van der Waals surface area contributed by atoms with Crippen molar-refractivity contribution in [3.05, 3.63) is 64.7 Å². The van der Waals surface area contributed by atoms with Crippen LogP contribution in [0, 0.1) is 20.8 Å². The van der Waals surface area contributed by atoms with Gasteiger partial charge in [0, 0.05) is 11.3 Å². The van der Waals surface area contributed by atoms with Crippen molar-refractivity contribution in [2.45, 2.75) is 27.3 Å². The molecule has 2 aromatic carbocycles. The van der Waals surface area contributed by atoms with Gasteiger partial charge < -0.3 is 15.1 Å². The minimum atomic E-state index is 0.121. The maximum absolute atomic E-state index is 12.4. The number of anilines is 1. The van der Waals surface area contributed by atoms with Gasteiger partial charge in [0.2, 0.25) is 0 Å². The Morgan fingerprint density at radius 3 is 2.35 bits per heavy atom. The summed E-state index contributed by atoms with van der Waals surface area (Å²) in [6.45, 7) is 12.2. The topological polar surface area (TPSA) is 38.0 Å². The zero-order valence-corrected chi connectivity index (χ0v) is 16.2. The molecule has 1 aliphatic rings. The van der Waals surface area contributed by atoms with E-state index in [1.807, 2.05) is 13.0 Å². The Morgan fingerprint density at radius 1 is 0.923 bits per heavy atom. The minimum absolute atomic E-state index is 0.121. The van der Waals surface area contributed by atoms with E-state index in [9.17, 15) is 4.79 Å². The Bertz CT molecular complexity index is 764. The number of carbonyl (C=O) groups is 1. The zero-order chi connectivity index (χ0) is 18.5. The third-order valence-corrected chi connectivity index (χ3v) is 5.28. The van der Waals surface area contributed by atoms with Crippen molar-refractivity contribution in [1.29, 1.82) is 0 Å². The number of nitrogens with one attached hydrogen (secondary N) is 3. The van der Waals surface area contributed by atoms with Gasteiger partial charge in [0.15, 0.2) is 6.54 Å². The Labute approximate surface area is 156 Å². The van der Waals surface area contributed by atoms with Gasteiger partial charge >= 0.3 is 0 Å². The first-order chi connectivity index (χ1) is 12.5. The predicted octanol–water partition coefficient (Wildman–Crippen LogP) is 0.534. The summed E-state index contributed by atoms with van der Waals surface area (Å²) in [6, 6.07) is 15.0. The number of piperazine rings is 1. The largest absolute Gasteiger partial charge is 0.322 e. The molecule has 2 aromatic rings. The molecule has 0 spiro atoms. The van der Waals surface area contributed by atoms with Crippen LogP contribution in [-0.2, 0) is 11.3 Å². The second-order valence-corrected chi connectivity index (χ2v) is 7.71. The number of quaternary nitrogens is 2. The van der Waals surface area contributed by atoms with Gasteiger partial charge in [-0.05, 0) is 38.0 Å².